The number of urea groups is 1. The number of anilines is 1. The quantitative estimate of drug-likeness (QED) is 0.866. The molecule has 21 heavy (non-hydrogen) atoms. The van der Waals surface area contributed by atoms with Crippen molar-refractivity contribution in [3.05, 3.63) is 29.8 Å². The molecule has 5 nitrogen and oxygen atoms in total. The van der Waals surface area contributed by atoms with Crippen molar-refractivity contribution in [2.45, 2.75) is 32.6 Å². The first-order chi connectivity index (χ1) is 10.2. The summed E-state index contributed by atoms with van der Waals surface area (Å²) >= 11 is 0. The van der Waals surface area contributed by atoms with Gasteiger partial charge in [0.15, 0.2) is 0 Å². The van der Waals surface area contributed by atoms with Crippen LogP contribution in [0.3, 0.4) is 0 Å². The van der Waals surface area contributed by atoms with Crippen LogP contribution in [0.1, 0.15) is 43.0 Å². The molecular weight excluding hydrogens is 268 g/mol. The van der Waals surface area contributed by atoms with Crippen LogP contribution >= 0.6 is 0 Å². The highest BCUT2D eigenvalue weighted by Gasteiger charge is 2.16. The van der Waals surface area contributed by atoms with E-state index in [9.17, 15) is 9.59 Å². The van der Waals surface area contributed by atoms with Crippen LogP contribution in [0.25, 0.3) is 0 Å². The number of amides is 2. The number of ether oxygens (including phenoxy) is 1. The van der Waals surface area contributed by atoms with E-state index in [1.165, 1.54) is 6.42 Å². The standard InChI is InChI=1S/C16H22N2O3/c1-2-12-21-15(19)13-6-8-14(9-7-13)17-16(20)18-10-4-3-5-11-18/h6-9H,2-5,10-12H2,1H3,(H,17,20). The summed E-state index contributed by atoms with van der Waals surface area (Å²) in [5, 5.41) is 2.86. The Kier molecular flexibility index (Phi) is 5.60. The molecule has 5 heteroatoms. The van der Waals surface area contributed by atoms with Gasteiger partial charge >= 0.3 is 12.0 Å². The third-order valence-electron chi connectivity index (χ3n) is 3.45. The van der Waals surface area contributed by atoms with Crippen LogP contribution in [0.4, 0.5) is 10.5 Å². The molecule has 1 aromatic rings. The minimum Gasteiger partial charge on any atom is -0.462 e. The van der Waals surface area contributed by atoms with E-state index in [1.807, 2.05) is 11.8 Å². The molecule has 1 saturated heterocycles. The molecule has 1 aliphatic heterocycles. The monoisotopic (exact) mass is 290 g/mol. The second-order valence-electron chi connectivity index (χ2n) is 5.19. The highest BCUT2D eigenvalue weighted by molar-refractivity contribution is 5.92. The first-order valence-electron chi connectivity index (χ1n) is 7.54. The van der Waals surface area contributed by atoms with E-state index >= 15 is 0 Å². The van der Waals surface area contributed by atoms with Crippen LogP contribution in [0.2, 0.25) is 0 Å². The van der Waals surface area contributed by atoms with Gasteiger partial charge in [0.05, 0.1) is 12.2 Å². The predicted octanol–water partition coefficient (Wildman–Crippen LogP) is 3.27. The topological polar surface area (TPSA) is 58.6 Å². The van der Waals surface area contributed by atoms with Crippen molar-refractivity contribution in [2.24, 2.45) is 0 Å². The molecule has 0 unspecified atom stereocenters. The molecule has 1 fully saturated rings. The molecule has 0 aromatic heterocycles. The van der Waals surface area contributed by atoms with Crippen LogP contribution in [0.5, 0.6) is 0 Å². The molecule has 1 aromatic carbocycles. The molecule has 114 valence electrons. The Balaban J connectivity index is 1.89. The lowest BCUT2D eigenvalue weighted by molar-refractivity contribution is 0.0505. The number of esters is 1. The Bertz CT molecular complexity index is 479. The number of piperidine rings is 1. The SMILES string of the molecule is CCCOC(=O)c1ccc(NC(=O)N2CCCCC2)cc1. The number of carbonyl (C=O) groups is 2. The van der Waals surface area contributed by atoms with Crippen molar-refractivity contribution in [1.82, 2.24) is 4.90 Å². The van der Waals surface area contributed by atoms with Crippen LogP contribution in [-0.4, -0.2) is 36.6 Å². The first kappa shape index (κ1) is 15.4. The van der Waals surface area contributed by atoms with E-state index in [0.29, 0.717) is 17.9 Å². The zero-order valence-electron chi connectivity index (χ0n) is 12.4. The molecule has 0 atom stereocenters. The molecule has 1 aliphatic rings. The Morgan fingerprint density at radius 3 is 2.43 bits per heavy atom. The fourth-order valence-electron chi connectivity index (χ4n) is 2.27. The largest absolute Gasteiger partial charge is 0.462 e. The number of likely N-dealkylation sites (tertiary alicyclic amines) is 1. The molecule has 0 spiro atoms. The number of hydrogen-bond acceptors (Lipinski definition) is 3. The van der Waals surface area contributed by atoms with E-state index in [-0.39, 0.29) is 12.0 Å². The second kappa shape index (κ2) is 7.67. The molecular formula is C16H22N2O3. The van der Waals surface area contributed by atoms with Gasteiger partial charge in [-0.15, -0.1) is 0 Å². The molecule has 1 N–H and O–H groups in total. The third-order valence-corrected chi connectivity index (χ3v) is 3.45. The van der Waals surface area contributed by atoms with Gasteiger partial charge in [0.25, 0.3) is 0 Å². The Hall–Kier alpha value is -2.04. The summed E-state index contributed by atoms with van der Waals surface area (Å²) in [5.41, 5.74) is 1.19. The van der Waals surface area contributed by atoms with Gasteiger partial charge in [0.1, 0.15) is 0 Å². The van der Waals surface area contributed by atoms with Crippen molar-refractivity contribution >= 4 is 17.7 Å². The molecule has 2 rings (SSSR count). The summed E-state index contributed by atoms with van der Waals surface area (Å²) in [7, 11) is 0. The Morgan fingerprint density at radius 1 is 1.14 bits per heavy atom. The number of rotatable bonds is 4. The molecule has 0 radical (unpaired) electrons. The molecule has 0 aliphatic carbocycles. The zero-order valence-corrected chi connectivity index (χ0v) is 12.4. The van der Waals surface area contributed by atoms with Gasteiger partial charge in [0.2, 0.25) is 0 Å². The van der Waals surface area contributed by atoms with Crippen LogP contribution in [-0.2, 0) is 4.74 Å². The Labute approximate surface area is 125 Å². The van der Waals surface area contributed by atoms with Gasteiger partial charge in [-0.2, -0.15) is 0 Å². The van der Waals surface area contributed by atoms with Crippen molar-refractivity contribution in [2.75, 3.05) is 25.0 Å². The minimum absolute atomic E-state index is 0.0731. The average Bonchev–Trinajstić information content (AvgIpc) is 2.54. The maximum Gasteiger partial charge on any atom is 0.338 e. The molecule has 0 saturated carbocycles. The maximum atomic E-state index is 12.1. The predicted molar refractivity (Wildman–Crippen MR) is 81.5 cm³/mol. The van der Waals surface area contributed by atoms with E-state index < -0.39 is 0 Å². The van der Waals surface area contributed by atoms with Crippen LogP contribution in [0.15, 0.2) is 24.3 Å². The summed E-state index contributed by atoms with van der Waals surface area (Å²) in [5.74, 6) is -0.328. The molecule has 0 bridgehead atoms. The van der Waals surface area contributed by atoms with E-state index in [0.717, 1.165) is 32.4 Å². The summed E-state index contributed by atoms with van der Waals surface area (Å²) in [6.45, 7) is 4.00. The third kappa shape index (κ3) is 4.48. The summed E-state index contributed by atoms with van der Waals surface area (Å²) in [6.07, 6.45) is 4.12. The number of hydrogen-bond donors (Lipinski definition) is 1. The van der Waals surface area contributed by atoms with Gasteiger partial charge in [-0.1, -0.05) is 6.92 Å². The van der Waals surface area contributed by atoms with Gasteiger partial charge in [-0.25, -0.2) is 9.59 Å². The van der Waals surface area contributed by atoms with Gasteiger partial charge < -0.3 is 15.0 Å². The number of nitrogens with zero attached hydrogens (tertiary/aromatic N) is 1. The van der Waals surface area contributed by atoms with E-state index in [1.54, 1.807) is 24.3 Å². The highest BCUT2D eigenvalue weighted by Crippen LogP contribution is 2.14. The summed E-state index contributed by atoms with van der Waals surface area (Å²) < 4.78 is 5.06. The van der Waals surface area contributed by atoms with Gasteiger partial charge in [-0.3, -0.25) is 0 Å². The lowest BCUT2D eigenvalue weighted by atomic mass is 10.1. The van der Waals surface area contributed by atoms with Crippen LogP contribution in [0, 0.1) is 0 Å². The van der Waals surface area contributed by atoms with E-state index in [4.69, 9.17) is 4.74 Å². The smallest absolute Gasteiger partial charge is 0.338 e. The van der Waals surface area contributed by atoms with E-state index in [2.05, 4.69) is 5.32 Å². The minimum atomic E-state index is -0.328. The lowest BCUT2D eigenvalue weighted by Gasteiger charge is -2.26. The van der Waals surface area contributed by atoms with Gasteiger partial charge in [-0.05, 0) is 49.9 Å². The summed E-state index contributed by atoms with van der Waals surface area (Å²) in [6, 6.07) is 6.72. The van der Waals surface area contributed by atoms with Crippen LogP contribution < -0.4 is 5.32 Å². The van der Waals surface area contributed by atoms with Crippen molar-refractivity contribution < 1.29 is 14.3 Å². The summed E-state index contributed by atoms with van der Waals surface area (Å²) in [4.78, 5) is 25.5. The fraction of sp³-hybridized carbons (Fsp3) is 0.500. The Morgan fingerprint density at radius 2 is 1.81 bits per heavy atom. The normalized spacial score (nSPS) is 14.6. The molecule has 1 heterocycles. The molecule has 2 amide bonds. The zero-order chi connectivity index (χ0) is 15.1. The maximum absolute atomic E-state index is 12.1. The number of benzene rings is 1. The van der Waals surface area contributed by atoms with Crippen molar-refractivity contribution in [3.8, 4) is 0 Å². The highest BCUT2D eigenvalue weighted by atomic mass is 16.5. The van der Waals surface area contributed by atoms with Crippen molar-refractivity contribution in [1.29, 1.82) is 0 Å². The van der Waals surface area contributed by atoms with Gasteiger partial charge in [0, 0.05) is 18.8 Å². The average molecular weight is 290 g/mol. The first-order valence-corrected chi connectivity index (χ1v) is 7.54. The number of nitrogens with one attached hydrogen (secondary N) is 1. The second-order valence-corrected chi connectivity index (χ2v) is 5.19. The lowest BCUT2D eigenvalue weighted by Crippen LogP contribution is -2.38. The fourth-order valence-corrected chi connectivity index (χ4v) is 2.27. The van der Waals surface area contributed by atoms with Crippen molar-refractivity contribution in [3.63, 3.8) is 0 Å². The number of carbonyl (C=O) groups excluding carboxylic acids is 2.